The number of rotatable bonds is 3. The summed E-state index contributed by atoms with van der Waals surface area (Å²) in [5.41, 5.74) is 10.8. The number of hydrogen-bond acceptors (Lipinski definition) is 3. The van der Waals surface area contributed by atoms with E-state index in [1.165, 1.54) is 0 Å². The number of para-hydroxylation sites is 1. The number of pyridine rings is 1. The van der Waals surface area contributed by atoms with Gasteiger partial charge >= 0.3 is 0 Å². The molecule has 0 spiro atoms. The second kappa shape index (κ2) is 4.98. The summed E-state index contributed by atoms with van der Waals surface area (Å²) in [5.74, 6) is 0.809. The molecule has 0 atom stereocenters. The molecule has 2 aromatic heterocycles. The van der Waals surface area contributed by atoms with Gasteiger partial charge in [0.2, 0.25) is 0 Å². The second-order valence-corrected chi connectivity index (χ2v) is 4.67. The van der Waals surface area contributed by atoms with Gasteiger partial charge in [-0.2, -0.15) is 0 Å². The fourth-order valence-corrected chi connectivity index (χ4v) is 2.57. The molecule has 0 aliphatic rings. The van der Waals surface area contributed by atoms with Crippen molar-refractivity contribution in [2.45, 2.75) is 13.5 Å². The Balaban J connectivity index is 2.34. The predicted molar refractivity (Wildman–Crippen MR) is 79.8 cm³/mol. The van der Waals surface area contributed by atoms with Crippen molar-refractivity contribution in [2.24, 2.45) is 5.73 Å². The zero-order valence-electron chi connectivity index (χ0n) is 11.6. The van der Waals surface area contributed by atoms with Crippen LogP contribution in [0.4, 0.5) is 0 Å². The van der Waals surface area contributed by atoms with Gasteiger partial charge in [0.15, 0.2) is 0 Å². The van der Waals surface area contributed by atoms with Crippen LogP contribution < -0.4 is 10.5 Å². The van der Waals surface area contributed by atoms with Gasteiger partial charge in [-0.1, -0.05) is 18.2 Å². The topological polar surface area (TPSA) is 52.5 Å². The van der Waals surface area contributed by atoms with E-state index in [9.17, 15) is 0 Å². The van der Waals surface area contributed by atoms with E-state index in [1.54, 1.807) is 7.11 Å². The van der Waals surface area contributed by atoms with Crippen molar-refractivity contribution in [1.82, 2.24) is 9.38 Å². The van der Waals surface area contributed by atoms with Crippen LogP contribution in [0, 0.1) is 6.92 Å². The molecule has 0 aliphatic carbocycles. The Kier molecular flexibility index (Phi) is 3.16. The maximum absolute atomic E-state index is 5.96. The van der Waals surface area contributed by atoms with E-state index in [0.29, 0.717) is 6.54 Å². The number of fused-ring (bicyclic) bond motifs is 1. The summed E-state index contributed by atoms with van der Waals surface area (Å²) < 4.78 is 7.53. The quantitative estimate of drug-likeness (QED) is 0.794. The molecule has 2 heterocycles. The number of methoxy groups -OCH3 is 1. The third-order valence-electron chi connectivity index (χ3n) is 3.49. The molecule has 2 N–H and O–H groups in total. The summed E-state index contributed by atoms with van der Waals surface area (Å²) >= 11 is 0. The fourth-order valence-electron chi connectivity index (χ4n) is 2.57. The number of benzene rings is 1. The van der Waals surface area contributed by atoms with Crippen molar-refractivity contribution in [3.63, 3.8) is 0 Å². The normalized spacial score (nSPS) is 10.9. The minimum atomic E-state index is 0.430. The van der Waals surface area contributed by atoms with Gasteiger partial charge in [0.05, 0.1) is 18.5 Å². The van der Waals surface area contributed by atoms with E-state index in [4.69, 9.17) is 15.5 Å². The average Bonchev–Trinajstić information content (AvgIpc) is 2.87. The molecule has 1 aromatic carbocycles. The lowest BCUT2D eigenvalue weighted by Gasteiger charge is -2.08. The van der Waals surface area contributed by atoms with E-state index in [2.05, 4.69) is 17.4 Å². The number of hydrogen-bond donors (Lipinski definition) is 1. The number of aryl methyl sites for hydroxylation is 1. The maximum Gasteiger partial charge on any atom is 0.137 e. The monoisotopic (exact) mass is 267 g/mol. The lowest BCUT2D eigenvalue weighted by atomic mass is 10.1. The highest BCUT2D eigenvalue weighted by Crippen LogP contribution is 2.32. The molecule has 4 nitrogen and oxygen atoms in total. The van der Waals surface area contributed by atoms with Crippen LogP contribution in [-0.2, 0) is 6.54 Å². The number of aromatic nitrogens is 2. The molecule has 3 rings (SSSR count). The lowest BCUT2D eigenvalue weighted by molar-refractivity contribution is 0.416. The van der Waals surface area contributed by atoms with Crippen molar-refractivity contribution in [2.75, 3.05) is 7.11 Å². The molecule has 20 heavy (non-hydrogen) atoms. The summed E-state index contributed by atoms with van der Waals surface area (Å²) in [6.07, 6.45) is 0. The predicted octanol–water partition coefficient (Wildman–Crippen LogP) is 2.78. The van der Waals surface area contributed by atoms with E-state index < -0.39 is 0 Å². The summed E-state index contributed by atoms with van der Waals surface area (Å²) in [7, 11) is 1.67. The summed E-state index contributed by atoms with van der Waals surface area (Å²) in [6.45, 7) is 2.49. The lowest BCUT2D eigenvalue weighted by Crippen LogP contribution is -2.04. The van der Waals surface area contributed by atoms with Crippen LogP contribution in [0.1, 0.15) is 11.4 Å². The molecule has 0 bridgehead atoms. The minimum absolute atomic E-state index is 0.430. The van der Waals surface area contributed by atoms with Gasteiger partial charge in [0.1, 0.15) is 11.4 Å². The van der Waals surface area contributed by atoms with E-state index in [-0.39, 0.29) is 0 Å². The summed E-state index contributed by atoms with van der Waals surface area (Å²) in [6, 6.07) is 13.9. The number of nitrogens with zero attached hydrogens (tertiary/aromatic N) is 2. The van der Waals surface area contributed by atoms with Crippen molar-refractivity contribution < 1.29 is 4.74 Å². The third-order valence-corrected chi connectivity index (χ3v) is 3.49. The van der Waals surface area contributed by atoms with Gasteiger partial charge in [0.25, 0.3) is 0 Å². The van der Waals surface area contributed by atoms with Crippen LogP contribution in [0.25, 0.3) is 16.9 Å². The largest absolute Gasteiger partial charge is 0.496 e. The minimum Gasteiger partial charge on any atom is -0.496 e. The van der Waals surface area contributed by atoms with E-state index in [0.717, 1.165) is 34.0 Å². The van der Waals surface area contributed by atoms with Gasteiger partial charge in [0, 0.05) is 17.8 Å². The van der Waals surface area contributed by atoms with Gasteiger partial charge < -0.3 is 10.5 Å². The zero-order chi connectivity index (χ0) is 14.1. The Morgan fingerprint density at radius 3 is 2.70 bits per heavy atom. The summed E-state index contributed by atoms with van der Waals surface area (Å²) in [5, 5.41) is 0. The molecule has 0 radical (unpaired) electrons. The van der Waals surface area contributed by atoms with Crippen LogP contribution in [-0.4, -0.2) is 16.5 Å². The molecule has 0 fully saturated rings. The van der Waals surface area contributed by atoms with Crippen LogP contribution in [0.3, 0.4) is 0 Å². The first-order valence-corrected chi connectivity index (χ1v) is 6.56. The van der Waals surface area contributed by atoms with Crippen LogP contribution >= 0.6 is 0 Å². The molecule has 0 amide bonds. The SMILES string of the molecule is COc1ccccc1-c1nc2cccc(C)n2c1CN. The first-order valence-electron chi connectivity index (χ1n) is 6.56. The first kappa shape index (κ1) is 12.7. The highest BCUT2D eigenvalue weighted by Gasteiger charge is 2.16. The molecule has 102 valence electrons. The molecular weight excluding hydrogens is 250 g/mol. The van der Waals surface area contributed by atoms with Gasteiger partial charge in [-0.3, -0.25) is 4.40 Å². The molecule has 0 aliphatic heterocycles. The summed E-state index contributed by atoms with van der Waals surface area (Å²) in [4.78, 5) is 4.73. The van der Waals surface area contributed by atoms with Crippen LogP contribution in [0.15, 0.2) is 42.5 Å². The molecule has 0 unspecified atom stereocenters. The van der Waals surface area contributed by atoms with Crippen LogP contribution in [0.2, 0.25) is 0 Å². The molecule has 4 heteroatoms. The molecular formula is C16H17N3O. The number of ether oxygens (including phenoxy) is 1. The van der Waals surface area contributed by atoms with Crippen molar-refractivity contribution in [3.05, 3.63) is 53.9 Å². The Labute approximate surface area is 117 Å². The Bertz CT molecular complexity index is 762. The highest BCUT2D eigenvalue weighted by molar-refractivity contribution is 5.72. The van der Waals surface area contributed by atoms with Crippen molar-refractivity contribution in [3.8, 4) is 17.0 Å². The molecule has 3 aromatic rings. The molecule has 0 saturated carbocycles. The number of imidazole rings is 1. The maximum atomic E-state index is 5.96. The van der Waals surface area contributed by atoms with Crippen molar-refractivity contribution in [1.29, 1.82) is 0 Å². The Morgan fingerprint density at radius 2 is 1.95 bits per heavy atom. The van der Waals surface area contributed by atoms with Gasteiger partial charge in [-0.25, -0.2) is 4.98 Å². The first-order chi connectivity index (χ1) is 9.76. The van der Waals surface area contributed by atoms with Gasteiger partial charge in [-0.05, 0) is 31.2 Å². The van der Waals surface area contributed by atoms with E-state index >= 15 is 0 Å². The second-order valence-electron chi connectivity index (χ2n) is 4.67. The standard InChI is InChI=1S/C16H17N3O/c1-11-6-5-9-15-18-16(13(10-17)19(11)15)12-7-3-4-8-14(12)20-2/h3-9H,10,17H2,1-2H3. The smallest absolute Gasteiger partial charge is 0.137 e. The average molecular weight is 267 g/mol. The van der Waals surface area contributed by atoms with E-state index in [1.807, 2.05) is 36.4 Å². The Hall–Kier alpha value is -2.33. The number of nitrogens with two attached hydrogens (primary N) is 1. The van der Waals surface area contributed by atoms with Crippen LogP contribution in [0.5, 0.6) is 5.75 Å². The fraction of sp³-hybridized carbons (Fsp3) is 0.188. The van der Waals surface area contributed by atoms with Gasteiger partial charge in [-0.15, -0.1) is 0 Å². The Morgan fingerprint density at radius 1 is 1.15 bits per heavy atom. The van der Waals surface area contributed by atoms with Crippen molar-refractivity contribution >= 4 is 5.65 Å². The third kappa shape index (κ3) is 1.85. The zero-order valence-corrected chi connectivity index (χ0v) is 11.6. The molecule has 0 saturated heterocycles. The highest BCUT2D eigenvalue weighted by atomic mass is 16.5.